The smallest absolute Gasteiger partial charge is 0.317 e. The summed E-state index contributed by atoms with van der Waals surface area (Å²) in [5.41, 5.74) is 2.16. The van der Waals surface area contributed by atoms with E-state index in [1.807, 2.05) is 35.2 Å². The fourth-order valence-corrected chi connectivity index (χ4v) is 3.94. The van der Waals surface area contributed by atoms with Crippen molar-refractivity contribution in [1.29, 1.82) is 0 Å². The zero-order valence-corrected chi connectivity index (χ0v) is 18.1. The minimum Gasteiger partial charge on any atom is -0.353 e. The monoisotopic (exact) mass is 432 g/mol. The van der Waals surface area contributed by atoms with Crippen LogP contribution in [-0.2, 0) is 6.42 Å². The number of nitrogens with zero attached hydrogens (tertiary/aromatic N) is 5. The molecule has 1 saturated carbocycles. The minimum atomic E-state index is 0.0181. The summed E-state index contributed by atoms with van der Waals surface area (Å²) in [5.74, 6) is 2.68. The van der Waals surface area contributed by atoms with Crippen molar-refractivity contribution in [2.75, 3.05) is 37.6 Å². The van der Waals surface area contributed by atoms with Crippen molar-refractivity contribution in [1.82, 2.24) is 25.3 Å². The molecule has 0 radical (unpaired) electrons. The summed E-state index contributed by atoms with van der Waals surface area (Å²) in [7, 11) is 0. The lowest BCUT2D eigenvalue weighted by Crippen LogP contribution is -2.52. The molecule has 3 aromatic rings. The normalized spacial score (nSPS) is 16.2. The van der Waals surface area contributed by atoms with E-state index >= 15 is 0 Å². The number of anilines is 1. The van der Waals surface area contributed by atoms with E-state index in [1.54, 1.807) is 6.20 Å². The first-order valence-corrected chi connectivity index (χ1v) is 11.4. The summed E-state index contributed by atoms with van der Waals surface area (Å²) >= 11 is 0. The first-order valence-electron chi connectivity index (χ1n) is 11.4. The molecule has 0 spiro atoms. The van der Waals surface area contributed by atoms with E-state index in [9.17, 15) is 4.79 Å². The first-order chi connectivity index (χ1) is 15.8. The number of carbonyl (C=O) groups excluding carboxylic acids is 1. The molecule has 0 bridgehead atoms. The molecule has 32 heavy (non-hydrogen) atoms. The number of nitrogens with one attached hydrogen (secondary N) is 1. The van der Waals surface area contributed by atoms with E-state index < -0.39 is 0 Å². The Morgan fingerprint density at radius 1 is 1.06 bits per heavy atom. The Balaban J connectivity index is 1.06. The SMILES string of the molecule is O=C(NCCCc1ccccc1)N1CCN(c2ccc(-c3noc(C4CC4)n3)cn2)CC1. The Morgan fingerprint density at radius 3 is 2.59 bits per heavy atom. The lowest BCUT2D eigenvalue weighted by Gasteiger charge is -2.35. The van der Waals surface area contributed by atoms with Crippen LogP contribution in [0.1, 0.15) is 36.6 Å². The second-order valence-corrected chi connectivity index (χ2v) is 8.43. The van der Waals surface area contributed by atoms with Crippen molar-refractivity contribution in [3.05, 3.63) is 60.1 Å². The third kappa shape index (κ3) is 4.90. The lowest BCUT2D eigenvalue weighted by molar-refractivity contribution is 0.194. The fourth-order valence-electron chi connectivity index (χ4n) is 3.94. The zero-order valence-electron chi connectivity index (χ0n) is 18.1. The van der Waals surface area contributed by atoms with Crippen LogP contribution in [0, 0.1) is 0 Å². The van der Waals surface area contributed by atoms with Gasteiger partial charge in [0, 0.05) is 50.4 Å². The molecule has 1 aliphatic heterocycles. The van der Waals surface area contributed by atoms with Crippen LogP contribution in [0.3, 0.4) is 0 Å². The maximum absolute atomic E-state index is 12.5. The standard InChI is InChI=1S/C24H28N6O2/c31-24(25-12-4-7-18-5-2-1-3-6-18)30-15-13-29(14-16-30)21-11-10-20(17-26-21)22-27-23(32-28-22)19-8-9-19/h1-3,5-6,10-11,17,19H,4,7-9,12-16H2,(H,25,31). The Morgan fingerprint density at radius 2 is 1.88 bits per heavy atom. The molecule has 1 aromatic carbocycles. The van der Waals surface area contributed by atoms with E-state index in [2.05, 4.69) is 37.5 Å². The molecule has 0 unspecified atom stereocenters. The molecule has 8 nitrogen and oxygen atoms in total. The van der Waals surface area contributed by atoms with Crippen LogP contribution in [0.4, 0.5) is 10.6 Å². The number of rotatable bonds is 7. The largest absolute Gasteiger partial charge is 0.353 e. The molecule has 2 fully saturated rings. The average molecular weight is 433 g/mol. The molecule has 3 heterocycles. The lowest BCUT2D eigenvalue weighted by atomic mass is 10.1. The molecule has 1 N–H and O–H groups in total. The van der Waals surface area contributed by atoms with Crippen LogP contribution < -0.4 is 10.2 Å². The van der Waals surface area contributed by atoms with Gasteiger partial charge in [-0.2, -0.15) is 4.98 Å². The molecule has 2 aromatic heterocycles. The average Bonchev–Trinajstić information content (AvgIpc) is 3.59. The van der Waals surface area contributed by atoms with Crippen LogP contribution in [0.2, 0.25) is 0 Å². The Kier molecular flexibility index (Phi) is 6.00. The third-order valence-electron chi connectivity index (χ3n) is 6.03. The van der Waals surface area contributed by atoms with Gasteiger partial charge in [0.05, 0.1) is 0 Å². The molecular formula is C24H28N6O2. The fraction of sp³-hybridized carbons (Fsp3) is 0.417. The minimum absolute atomic E-state index is 0.0181. The number of hydrogen-bond donors (Lipinski definition) is 1. The van der Waals surface area contributed by atoms with Crippen LogP contribution >= 0.6 is 0 Å². The molecule has 5 rings (SSSR count). The number of aryl methyl sites for hydroxylation is 1. The summed E-state index contributed by atoms with van der Waals surface area (Å²) < 4.78 is 5.34. The third-order valence-corrected chi connectivity index (χ3v) is 6.03. The highest BCUT2D eigenvalue weighted by Crippen LogP contribution is 2.39. The predicted molar refractivity (Wildman–Crippen MR) is 121 cm³/mol. The second kappa shape index (κ2) is 9.38. The van der Waals surface area contributed by atoms with Gasteiger partial charge in [0.15, 0.2) is 0 Å². The molecule has 166 valence electrons. The number of urea groups is 1. The highest BCUT2D eigenvalue weighted by Gasteiger charge is 2.30. The van der Waals surface area contributed by atoms with Gasteiger partial charge in [0.2, 0.25) is 11.7 Å². The number of carbonyl (C=O) groups is 1. The number of hydrogen-bond acceptors (Lipinski definition) is 6. The molecule has 8 heteroatoms. The maximum atomic E-state index is 12.5. The zero-order chi connectivity index (χ0) is 21.8. The van der Waals surface area contributed by atoms with E-state index in [-0.39, 0.29) is 6.03 Å². The quantitative estimate of drug-likeness (QED) is 0.575. The molecule has 2 aliphatic rings. The Hall–Kier alpha value is -3.42. The van der Waals surface area contributed by atoms with Crippen molar-refractivity contribution < 1.29 is 9.32 Å². The van der Waals surface area contributed by atoms with Gasteiger partial charge in [-0.15, -0.1) is 0 Å². The summed E-state index contributed by atoms with van der Waals surface area (Å²) in [4.78, 5) is 25.6. The topological polar surface area (TPSA) is 87.4 Å². The van der Waals surface area contributed by atoms with Crippen LogP contribution in [0.5, 0.6) is 0 Å². The summed E-state index contributed by atoms with van der Waals surface area (Å²) in [6.45, 7) is 3.58. The number of pyridine rings is 1. The van der Waals surface area contributed by atoms with Crippen molar-refractivity contribution in [3.63, 3.8) is 0 Å². The van der Waals surface area contributed by atoms with E-state index in [0.29, 0.717) is 31.4 Å². The number of amides is 2. The van der Waals surface area contributed by atoms with Gasteiger partial charge >= 0.3 is 6.03 Å². The van der Waals surface area contributed by atoms with Gasteiger partial charge < -0.3 is 19.6 Å². The number of benzene rings is 1. The highest BCUT2D eigenvalue weighted by atomic mass is 16.5. The molecule has 2 amide bonds. The van der Waals surface area contributed by atoms with Gasteiger partial charge in [-0.05, 0) is 43.4 Å². The molecule has 0 atom stereocenters. The summed E-state index contributed by atoms with van der Waals surface area (Å²) in [6, 6.07) is 14.3. The second-order valence-electron chi connectivity index (χ2n) is 8.43. The van der Waals surface area contributed by atoms with E-state index in [1.165, 1.54) is 5.56 Å². The van der Waals surface area contributed by atoms with Gasteiger partial charge in [-0.1, -0.05) is 35.5 Å². The number of piperazine rings is 1. The molecular weight excluding hydrogens is 404 g/mol. The van der Waals surface area contributed by atoms with Crippen LogP contribution in [0.15, 0.2) is 53.2 Å². The van der Waals surface area contributed by atoms with E-state index in [0.717, 1.165) is 56.0 Å². The van der Waals surface area contributed by atoms with Gasteiger partial charge in [0.25, 0.3) is 0 Å². The van der Waals surface area contributed by atoms with Gasteiger partial charge in [-0.25, -0.2) is 9.78 Å². The molecule has 1 saturated heterocycles. The summed E-state index contributed by atoms with van der Waals surface area (Å²) in [6.07, 6.45) is 5.98. The van der Waals surface area contributed by atoms with Crippen LogP contribution in [-0.4, -0.2) is 58.8 Å². The highest BCUT2D eigenvalue weighted by molar-refractivity contribution is 5.74. The first kappa shape index (κ1) is 20.5. The summed E-state index contributed by atoms with van der Waals surface area (Å²) in [5, 5.41) is 7.12. The predicted octanol–water partition coefficient (Wildman–Crippen LogP) is 3.47. The Bertz CT molecular complexity index is 1020. The van der Waals surface area contributed by atoms with E-state index in [4.69, 9.17) is 4.52 Å². The number of aromatic nitrogens is 3. The van der Waals surface area contributed by atoms with Gasteiger partial charge in [0.1, 0.15) is 5.82 Å². The van der Waals surface area contributed by atoms with Crippen LogP contribution in [0.25, 0.3) is 11.4 Å². The van der Waals surface area contributed by atoms with Crippen molar-refractivity contribution in [2.24, 2.45) is 0 Å². The van der Waals surface area contributed by atoms with Crippen molar-refractivity contribution in [3.8, 4) is 11.4 Å². The molecule has 1 aliphatic carbocycles. The Labute approximate surface area is 187 Å². The van der Waals surface area contributed by atoms with Crippen molar-refractivity contribution in [2.45, 2.75) is 31.6 Å². The van der Waals surface area contributed by atoms with Gasteiger partial charge in [-0.3, -0.25) is 0 Å². The van der Waals surface area contributed by atoms with Crippen molar-refractivity contribution >= 4 is 11.8 Å². The maximum Gasteiger partial charge on any atom is 0.317 e.